The fourth-order valence-electron chi connectivity index (χ4n) is 7.63. The Kier molecular flexibility index (Phi) is 4.99. The van der Waals surface area contributed by atoms with Crippen LogP contribution in [0.5, 0.6) is 0 Å². The van der Waals surface area contributed by atoms with Gasteiger partial charge >= 0.3 is 5.97 Å². The molecule has 0 unspecified atom stereocenters. The number of rotatable bonds is 3. The highest BCUT2D eigenvalue weighted by Gasteiger charge is 2.63. The Bertz CT molecular complexity index is 742. The number of ketones is 1. The first-order valence-electron chi connectivity index (χ1n) is 11.0. The Morgan fingerprint density at radius 1 is 1.17 bits per heavy atom. The molecule has 4 aliphatic carbocycles. The van der Waals surface area contributed by atoms with Crippen LogP contribution in [0.3, 0.4) is 0 Å². The summed E-state index contributed by atoms with van der Waals surface area (Å²) in [7, 11) is 0. The Balaban J connectivity index is 1.61. The molecule has 6 heteroatoms. The molecule has 0 aliphatic heterocycles. The summed E-state index contributed by atoms with van der Waals surface area (Å²) < 4.78 is 4.97. The van der Waals surface area contributed by atoms with Crippen molar-refractivity contribution in [1.82, 2.24) is 0 Å². The second-order valence-corrected chi connectivity index (χ2v) is 10.5. The monoisotopic (exact) mass is 406 g/mol. The molecule has 0 aromatic rings. The minimum atomic E-state index is -1.74. The fraction of sp³-hybridized carbons (Fsp3) is 0.826. The summed E-state index contributed by atoms with van der Waals surface area (Å²) in [5.41, 5.74) is 0.568. The van der Waals surface area contributed by atoms with Gasteiger partial charge in [-0.2, -0.15) is 0 Å². The summed E-state index contributed by atoms with van der Waals surface area (Å²) in [6, 6.07) is 0. The van der Waals surface area contributed by atoms with E-state index in [2.05, 4.69) is 13.8 Å². The molecule has 0 aromatic carbocycles. The van der Waals surface area contributed by atoms with Gasteiger partial charge < -0.3 is 20.1 Å². The van der Waals surface area contributed by atoms with Crippen molar-refractivity contribution in [2.75, 3.05) is 6.61 Å². The van der Waals surface area contributed by atoms with Crippen LogP contribution in [-0.4, -0.2) is 45.6 Å². The van der Waals surface area contributed by atoms with Gasteiger partial charge in [-0.3, -0.25) is 9.59 Å². The van der Waals surface area contributed by atoms with E-state index in [-0.39, 0.29) is 41.5 Å². The first-order chi connectivity index (χ1) is 13.5. The second kappa shape index (κ2) is 6.89. The Hall–Kier alpha value is -1.24. The minimum absolute atomic E-state index is 0.0264. The van der Waals surface area contributed by atoms with Crippen LogP contribution in [0.25, 0.3) is 0 Å². The fourth-order valence-corrected chi connectivity index (χ4v) is 7.63. The molecule has 3 fully saturated rings. The summed E-state index contributed by atoms with van der Waals surface area (Å²) in [4.78, 5) is 23.9. The number of hydrogen-bond acceptors (Lipinski definition) is 6. The van der Waals surface area contributed by atoms with E-state index < -0.39 is 17.9 Å². The summed E-state index contributed by atoms with van der Waals surface area (Å²) in [6.45, 7) is 5.45. The third kappa shape index (κ3) is 3.28. The summed E-state index contributed by atoms with van der Waals surface area (Å²) in [5, 5.41) is 31.5. The highest BCUT2D eigenvalue weighted by atomic mass is 16.5. The summed E-state index contributed by atoms with van der Waals surface area (Å²) in [5.74, 6) is -1.63. The standard InChI is InChI=1S/C23H34O6/c1-13(24)29-12-19(26)17-7-6-16-15-5-4-14-10-23(27,28)9-8-21(14,2)20(15)18(25)11-22(16,17)3/h10,15-18,20,25,27-28H,4-9,11-12H2,1-3H3/t15-,16-,17+,18-,20+,21-,22-/m0/s1. The van der Waals surface area contributed by atoms with E-state index in [1.54, 1.807) is 6.08 Å². The van der Waals surface area contributed by atoms with Gasteiger partial charge in [0.25, 0.3) is 0 Å². The van der Waals surface area contributed by atoms with Crippen molar-refractivity contribution in [3.05, 3.63) is 11.6 Å². The maximum Gasteiger partial charge on any atom is 0.303 e. The Morgan fingerprint density at radius 3 is 2.59 bits per heavy atom. The topological polar surface area (TPSA) is 104 Å². The van der Waals surface area contributed by atoms with Crippen molar-refractivity contribution in [2.45, 2.75) is 77.6 Å². The lowest BCUT2D eigenvalue weighted by Gasteiger charge is -2.60. The molecule has 4 aliphatic rings. The number of carbonyl (C=O) groups is 2. The van der Waals surface area contributed by atoms with Crippen LogP contribution in [0.15, 0.2) is 11.6 Å². The molecule has 29 heavy (non-hydrogen) atoms. The van der Waals surface area contributed by atoms with Gasteiger partial charge in [0.15, 0.2) is 11.6 Å². The average Bonchev–Trinajstić information content (AvgIpc) is 2.96. The van der Waals surface area contributed by atoms with Crippen molar-refractivity contribution in [2.24, 2.45) is 34.5 Å². The number of aliphatic hydroxyl groups is 3. The van der Waals surface area contributed by atoms with Crippen LogP contribution in [-0.2, 0) is 14.3 Å². The second-order valence-electron chi connectivity index (χ2n) is 10.5. The van der Waals surface area contributed by atoms with Crippen LogP contribution < -0.4 is 0 Å². The lowest BCUT2D eigenvalue weighted by molar-refractivity contribution is -0.167. The predicted octanol–water partition coefficient (Wildman–Crippen LogP) is 2.35. The lowest BCUT2D eigenvalue weighted by atomic mass is 9.45. The van der Waals surface area contributed by atoms with E-state index in [1.807, 2.05) is 0 Å². The third-order valence-electron chi connectivity index (χ3n) is 8.89. The van der Waals surface area contributed by atoms with Crippen LogP contribution in [0, 0.1) is 34.5 Å². The molecule has 3 N–H and O–H groups in total. The molecule has 162 valence electrons. The lowest BCUT2D eigenvalue weighted by Crippen LogP contribution is -2.57. The molecule has 0 amide bonds. The minimum Gasteiger partial charge on any atom is -0.458 e. The molecule has 0 heterocycles. The van der Waals surface area contributed by atoms with Crippen molar-refractivity contribution >= 4 is 11.8 Å². The first kappa shape index (κ1) is 21.0. The zero-order valence-corrected chi connectivity index (χ0v) is 17.7. The van der Waals surface area contributed by atoms with Crippen LogP contribution in [0.4, 0.5) is 0 Å². The quantitative estimate of drug-likeness (QED) is 0.378. The molecular weight excluding hydrogens is 372 g/mol. The number of allylic oxidation sites excluding steroid dienone is 1. The van der Waals surface area contributed by atoms with Crippen LogP contribution >= 0.6 is 0 Å². The highest BCUT2D eigenvalue weighted by Crippen LogP contribution is 2.67. The Labute approximate surface area is 172 Å². The molecule has 0 aromatic heterocycles. The van der Waals surface area contributed by atoms with Crippen molar-refractivity contribution in [1.29, 1.82) is 0 Å². The van der Waals surface area contributed by atoms with Gasteiger partial charge in [0.05, 0.1) is 6.10 Å². The van der Waals surface area contributed by atoms with Crippen molar-refractivity contribution < 1.29 is 29.6 Å². The van der Waals surface area contributed by atoms with Crippen molar-refractivity contribution in [3.8, 4) is 0 Å². The molecule has 0 spiro atoms. The van der Waals surface area contributed by atoms with Crippen molar-refractivity contribution in [3.63, 3.8) is 0 Å². The zero-order valence-electron chi connectivity index (χ0n) is 17.7. The van der Waals surface area contributed by atoms with E-state index >= 15 is 0 Å². The van der Waals surface area contributed by atoms with Gasteiger partial charge in [-0.15, -0.1) is 0 Å². The highest BCUT2D eigenvalue weighted by molar-refractivity contribution is 5.85. The molecule has 7 atom stereocenters. The van der Waals surface area contributed by atoms with Gasteiger partial charge in [0.1, 0.15) is 6.61 Å². The van der Waals surface area contributed by atoms with Gasteiger partial charge in [0.2, 0.25) is 0 Å². The smallest absolute Gasteiger partial charge is 0.303 e. The van der Waals surface area contributed by atoms with E-state index in [0.29, 0.717) is 24.7 Å². The van der Waals surface area contributed by atoms with Gasteiger partial charge in [-0.1, -0.05) is 19.4 Å². The molecule has 3 saturated carbocycles. The van der Waals surface area contributed by atoms with Gasteiger partial charge in [0, 0.05) is 19.3 Å². The Morgan fingerprint density at radius 2 is 1.90 bits per heavy atom. The van der Waals surface area contributed by atoms with E-state index in [9.17, 15) is 24.9 Å². The first-order valence-corrected chi connectivity index (χ1v) is 11.0. The maximum atomic E-state index is 12.8. The molecule has 6 nitrogen and oxygen atoms in total. The molecular formula is C23H34O6. The number of hydrogen-bond donors (Lipinski definition) is 3. The number of Topliss-reactive ketones (excluding diaryl/α,β-unsaturated/α-hetero) is 1. The van der Waals surface area contributed by atoms with E-state index in [1.165, 1.54) is 6.92 Å². The predicted molar refractivity (Wildman–Crippen MR) is 105 cm³/mol. The molecule has 0 saturated heterocycles. The molecule has 4 rings (SSSR count). The maximum absolute atomic E-state index is 12.8. The summed E-state index contributed by atoms with van der Waals surface area (Å²) in [6.07, 6.45) is 6.07. The average molecular weight is 407 g/mol. The molecule has 0 bridgehead atoms. The largest absolute Gasteiger partial charge is 0.458 e. The number of aliphatic hydroxyl groups excluding tert-OH is 1. The third-order valence-corrected chi connectivity index (χ3v) is 8.89. The summed E-state index contributed by atoms with van der Waals surface area (Å²) >= 11 is 0. The number of fused-ring (bicyclic) bond motifs is 5. The normalized spacial score (nSPS) is 45.4. The number of esters is 1. The zero-order chi connectivity index (χ0) is 21.2. The van der Waals surface area contributed by atoms with E-state index in [0.717, 1.165) is 31.3 Å². The molecule has 0 radical (unpaired) electrons. The van der Waals surface area contributed by atoms with E-state index in [4.69, 9.17) is 4.74 Å². The SMILES string of the molecule is CC(=O)OCC(=O)[C@H]1CC[C@H]2[C@@H]3CCC4=CC(O)(O)CC[C@]4(C)[C@H]3[C@@H](O)C[C@]12C. The number of carbonyl (C=O) groups excluding carboxylic acids is 2. The van der Waals surface area contributed by atoms with Gasteiger partial charge in [-0.25, -0.2) is 0 Å². The van der Waals surface area contributed by atoms with Crippen LogP contribution in [0.2, 0.25) is 0 Å². The van der Waals surface area contributed by atoms with Gasteiger partial charge in [-0.05, 0) is 73.2 Å². The number of ether oxygens (including phenoxy) is 1. The van der Waals surface area contributed by atoms with Crippen LogP contribution in [0.1, 0.15) is 65.7 Å².